The highest BCUT2D eigenvalue weighted by Crippen LogP contribution is 2.27. The number of hydrogen-bond donors (Lipinski definition) is 0. The van der Waals surface area contributed by atoms with Crippen molar-refractivity contribution in [1.29, 1.82) is 5.26 Å². The van der Waals surface area contributed by atoms with E-state index in [-0.39, 0.29) is 0 Å². The second kappa shape index (κ2) is 10.9. The number of nitrogens with zero attached hydrogens (tertiary/aromatic N) is 2. The van der Waals surface area contributed by atoms with Gasteiger partial charge in [0, 0.05) is 18.3 Å². The summed E-state index contributed by atoms with van der Waals surface area (Å²) >= 11 is 0. The van der Waals surface area contributed by atoms with Crippen LogP contribution >= 0.6 is 0 Å². The molecule has 0 rings (SSSR count). The van der Waals surface area contributed by atoms with E-state index in [1.165, 1.54) is 31.4 Å². The van der Waals surface area contributed by atoms with Crippen molar-refractivity contribution in [3.05, 3.63) is 12.3 Å². The predicted octanol–water partition coefficient (Wildman–Crippen LogP) is 5.12. The molecule has 2 nitrogen and oxygen atoms in total. The fraction of sp³-hybridized carbons (Fsp3) is 0.824. The molecule has 0 N–H and O–H groups in total. The Bertz CT molecular complexity index is 271. The zero-order chi connectivity index (χ0) is 14.7. The van der Waals surface area contributed by atoms with E-state index in [9.17, 15) is 0 Å². The minimum absolute atomic E-state index is 0.341. The minimum atomic E-state index is 0.341. The molecule has 0 fully saturated rings. The Morgan fingerprint density at radius 2 is 1.68 bits per heavy atom. The third-order valence-electron chi connectivity index (χ3n) is 3.82. The molecule has 1 atom stereocenters. The topological polar surface area (TPSA) is 27.0 Å². The molecule has 0 heterocycles. The monoisotopic (exact) mass is 264 g/mol. The highest BCUT2D eigenvalue weighted by molar-refractivity contribution is 5.03. The van der Waals surface area contributed by atoms with E-state index in [0.717, 1.165) is 19.4 Å². The average Bonchev–Trinajstić information content (AvgIpc) is 2.41. The highest BCUT2D eigenvalue weighted by Gasteiger charge is 2.22. The summed E-state index contributed by atoms with van der Waals surface area (Å²) in [4.78, 5) is 2.42. The number of nitriles is 1. The van der Waals surface area contributed by atoms with Crippen LogP contribution < -0.4 is 0 Å². The molecular weight excluding hydrogens is 232 g/mol. The van der Waals surface area contributed by atoms with Crippen molar-refractivity contribution in [1.82, 2.24) is 4.90 Å². The molecule has 0 spiro atoms. The zero-order valence-corrected chi connectivity index (χ0v) is 13.4. The van der Waals surface area contributed by atoms with Crippen molar-refractivity contribution in [2.75, 3.05) is 6.54 Å². The SMILES string of the molecule is C=C(C(CCC)CCC)N(CCC)C(CC)CC#N. The van der Waals surface area contributed by atoms with Crippen LogP contribution in [0.5, 0.6) is 0 Å². The number of rotatable bonds is 11. The van der Waals surface area contributed by atoms with Crippen LogP contribution in [0, 0.1) is 17.2 Å². The lowest BCUT2D eigenvalue weighted by atomic mass is 9.93. The van der Waals surface area contributed by atoms with Gasteiger partial charge in [0.1, 0.15) is 0 Å². The summed E-state index contributed by atoms with van der Waals surface area (Å²) in [5.74, 6) is 0.592. The van der Waals surface area contributed by atoms with Crippen LogP contribution in [0.2, 0.25) is 0 Å². The summed E-state index contributed by atoms with van der Waals surface area (Å²) in [5.41, 5.74) is 1.27. The van der Waals surface area contributed by atoms with E-state index in [1.807, 2.05) is 0 Å². The van der Waals surface area contributed by atoms with Gasteiger partial charge < -0.3 is 4.90 Å². The fourth-order valence-electron chi connectivity index (χ4n) is 2.79. The summed E-state index contributed by atoms with van der Waals surface area (Å²) in [7, 11) is 0. The summed E-state index contributed by atoms with van der Waals surface area (Å²) in [6.45, 7) is 14.3. The minimum Gasteiger partial charge on any atom is -0.371 e. The molecule has 0 aliphatic rings. The van der Waals surface area contributed by atoms with Crippen molar-refractivity contribution in [2.45, 2.75) is 78.7 Å². The van der Waals surface area contributed by atoms with E-state index in [0.29, 0.717) is 18.4 Å². The number of allylic oxidation sites excluding steroid dienone is 1. The van der Waals surface area contributed by atoms with Gasteiger partial charge >= 0.3 is 0 Å². The molecule has 0 aliphatic heterocycles. The standard InChI is InChI=1S/C17H32N2/c1-6-10-16(11-7-2)15(5)19(14-8-3)17(9-4)12-13-18/h16-17H,5-12,14H2,1-4H3. The van der Waals surface area contributed by atoms with Crippen LogP contribution in [0.4, 0.5) is 0 Å². The molecule has 110 valence electrons. The van der Waals surface area contributed by atoms with E-state index < -0.39 is 0 Å². The van der Waals surface area contributed by atoms with Gasteiger partial charge in [-0.1, -0.05) is 47.1 Å². The molecule has 0 aromatic carbocycles. The average molecular weight is 264 g/mol. The molecule has 1 unspecified atom stereocenters. The lowest BCUT2D eigenvalue weighted by molar-refractivity contribution is 0.214. The largest absolute Gasteiger partial charge is 0.371 e. The normalized spacial score (nSPS) is 12.2. The summed E-state index contributed by atoms with van der Waals surface area (Å²) < 4.78 is 0. The van der Waals surface area contributed by atoms with Crippen LogP contribution in [0.3, 0.4) is 0 Å². The zero-order valence-electron chi connectivity index (χ0n) is 13.4. The van der Waals surface area contributed by atoms with Crippen molar-refractivity contribution >= 4 is 0 Å². The van der Waals surface area contributed by atoms with Gasteiger partial charge in [0.25, 0.3) is 0 Å². The first-order valence-corrected chi connectivity index (χ1v) is 7.98. The Hall–Kier alpha value is -0.970. The molecule has 2 heteroatoms. The van der Waals surface area contributed by atoms with Crippen molar-refractivity contribution < 1.29 is 0 Å². The predicted molar refractivity (Wildman–Crippen MR) is 83.8 cm³/mol. The third kappa shape index (κ3) is 6.14. The molecule has 0 bridgehead atoms. The first-order valence-electron chi connectivity index (χ1n) is 7.98. The molecule has 0 saturated carbocycles. The smallest absolute Gasteiger partial charge is 0.0643 e. The van der Waals surface area contributed by atoms with Crippen molar-refractivity contribution in [3.63, 3.8) is 0 Å². The van der Waals surface area contributed by atoms with Crippen LogP contribution in [0.15, 0.2) is 12.3 Å². The van der Waals surface area contributed by atoms with Gasteiger partial charge in [-0.05, 0) is 31.6 Å². The Labute approximate surface area is 120 Å². The Balaban J connectivity index is 4.90. The van der Waals surface area contributed by atoms with Crippen molar-refractivity contribution in [3.8, 4) is 6.07 Å². The second-order valence-corrected chi connectivity index (χ2v) is 5.38. The van der Waals surface area contributed by atoms with E-state index in [4.69, 9.17) is 5.26 Å². The molecule has 0 aromatic rings. The van der Waals surface area contributed by atoms with Gasteiger partial charge in [0.2, 0.25) is 0 Å². The quantitative estimate of drug-likeness (QED) is 0.518. The van der Waals surface area contributed by atoms with E-state index >= 15 is 0 Å². The maximum absolute atomic E-state index is 9.01. The summed E-state index contributed by atoms with van der Waals surface area (Å²) in [5, 5.41) is 9.01. The fourth-order valence-corrected chi connectivity index (χ4v) is 2.79. The molecular formula is C17H32N2. The first-order chi connectivity index (χ1) is 9.15. The first kappa shape index (κ1) is 18.0. The summed E-state index contributed by atoms with van der Waals surface area (Å²) in [6.07, 6.45) is 7.60. The van der Waals surface area contributed by atoms with E-state index in [2.05, 4.69) is 45.2 Å². The second-order valence-electron chi connectivity index (χ2n) is 5.38. The Morgan fingerprint density at radius 3 is 2.05 bits per heavy atom. The van der Waals surface area contributed by atoms with Crippen LogP contribution in [0.25, 0.3) is 0 Å². The maximum Gasteiger partial charge on any atom is 0.0643 e. The van der Waals surface area contributed by atoms with Gasteiger partial charge in [0.05, 0.1) is 12.5 Å². The third-order valence-corrected chi connectivity index (χ3v) is 3.82. The number of hydrogen-bond acceptors (Lipinski definition) is 2. The molecule has 0 aromatic heterocycles. The molecule has 0 aliphatic carbocycles. The highest BCUT2D eigenvalue weighted by atomic mass is 15.2. The van der Waals surface area contributed by atoms with Crippen LogP contribution in [-0.2, 0) is 0 Å². The lowest BCUT2D eigenvalue weighted by Crippen LogP contribution is -2.37. The van der Waals surface area contributed by atoms with Gasteiger partial charge in [0.15, 0.2) is 0 Å². The maximum atomic E-state index is 9.01. The molecule has 0 saturated heterocycles. The molecule has 0 radical (unpaired) electrons. The van der Waals surface area contributed by atoms with Crippen LogP contribution in [0.1, 0.15) is 72.6 Å². The molecule has 19 heavy (non-hydrogen) atoms. The van der Waals surface area contributed by atoms with Crippen molar-refractivity contribution in [2.24, 2.45) is 5.92 Å². The van der Waals surface area contributed by atoms with Gasteiger partial charge in [-0.25, -0.2) is 0 Å². The summed E-state index contributed by atoms with van der Waals surface area (Å²) in [6, 6.07) is 2.67. The van der Waals surface area contributed by atoms with Gasteiger partial charge in [-0.3, -0.25) is 0 Å². The van der Waals surface area contributed by atoms with Crippen LogP contribution in [-0.4, -0.2) is 17.5 Å². The Kier molecular flexibility index (Phi) is 10.4. The van der Waals surface area contributed by atoms with Gasteiger partial charge in [-0.15, -0.1) is 0 Å². The van der Waals surface area contributed by atoms with E-state index in [1.54, 1.807) is 0 Å². The lowest BCUT2D eigenvalue weighted by Gasteiger charge is -2.37. The molecule has 0 amide bonds. The van der Waals surface area contributed by atoms with Gasteiger partial charge in [-0.2, -0.15) is 5.26 Å². The Morgan fingerprint density at radius 1 is 1.11 bits per heavy atom.